The first-order chi connectivity index (χ1) is 9.96. The van der Waals surface area contributed by atoms with Crippen molar-refractivity contribution in [3.8, 4) is 0 Å². The smallest absolute Gasteiger partial charge is 0.242 e. The Bertz CT molecular complexity index is 718. The van der Waals surface area contributed by atoms with Crippen molar-refractivity contribution < 1.29 is 16.8 Å². The molecule has 1 aromatic rings. The summed E-state index contributed by atoms with van der Waals surface area (Å²) in [4.78, 5) is -0.0445. The van der Waals surface area contributed by atoms with Crippen LogP contribution in [0.3, 0.4) is 0 Å². The molecule has 2 N–H and O–H groups in total. The zero-order valence-corrected chi connectivity index (χ0v) is 16.2. The maximum atomic E-state index is 12.5. The minimum absolute atomic E-state index is 0. The monoisotopic (exact) mass is 384 g/mol. The van der Waals surface area contributed by atoms with Crippen molar-refractivity contribution >= 4 is 32.3 Å². The van der Waals surface area contributed by atoms with Crippen LogP contribution in [0, 0.1) is 5.92 Å². The molecule has 0 bridgehead atoms. The van der Waals surface area contributed by atoms with Crippen molar-refractivity contribution in [1.29, 1.82) is 0 Å². The number of hydrogen-bond acceptors (Lipinski definition) is 5. The lowest BCUT2D eigenvalue weighted by molar-refractivity contribution is 0.397. The summed E-state index contributed by atoms with van der Waals surface area (Å²) in [6, 6.07) is 5.30. The van der Waals surface area contributed by atoms with E-state index in [2.05, 4.69) is 0 Å². The highest BCUT2D eigenvalue weighted by molar-refractivity contribution is 7.91. The largest absolute Gasteiger partial charge is 0.327 e. The molecule has 9 heteroatoms. The summed E-state index contributed by atoms with van der Waals surface area (Å²) in [5.74, 6) is 0.268. The Morgan fingerprint density at radius 2 is 1.65 bits per heavy atom. The number of sulfone groups is 1. The molecule has 134 valence electrons. The summed E-state index contributed by atoms with van der Waals surface area (Å²) in [5, 5.41) is 0. The molecule has 0 saturated carbocycles. The minimum Gasteiger partial charge on any atom is -0.327 e. The van der Waals surface area contributed by atoms with Crippen LogP contribution >= 0.6 is 12.4 Å². The van der Waals surface area contributed by atoms with E-state index in [1.165, 1.54) is 35.6 Å². The molecule has 1 atom stereocenters. The summed E-state index contributed by atoms with van der Waals surface area (Å²) in [6.07, 6.45) is 1.59. The Morgan fingerprint density at radius 3 is 2.13 bits per heavy atom. The van der Waals surface area contributed by atoms with E-state index in [0.29, 0.717) is 6.42 Å². The van der Waals surface area contributed by atoms with Gasteiger partial charge in [-0.25, -0.2) is 21.1 Å². The van der Waals surface area contributed by atoms with Crippen LogP contribution < -0.4 is 5.73 Å². The van der Waals surface area contributed by atoms with E-state index in [-0.39, 0.29) is 40.7 Å². The molecule has 1 unspecified atom stereocenters. The van der Waals surface area contributed by atoms with Gasteiger partial charge in [0.05, 0.1) is 9.79 Å². The third-order valence-electron chi connectivity index (χ3n) is 3.58. The Labute approximate surface area is 145 Å². The van der Waals surface area contributed by atoms with Gasteiger partial charge < -0.3 is 5.73 Å². The molecule has 0 aliphatic rings. The lowest BCUT2D eigenvalue weighted by Gasteiger charge is -2.21. The molecule has 0 spiro atoms. The second-order valence-corrected chi connectivity index (χ2v) is 9.83. The standard InChI is InChI=1S/C14H24N2O4S2.ClH/c1-11(2)14(15)8-9-16(3)22(19,20)13-7-5-6-12(10-13)21(4,17)18;/h5-7,10-11,14H,8-9,15H2,1-4H3;1H. The van der Waals surface area contributed by atoms with Gasteiger partial charge in [-0.15, -0.1) is 12.4 Å². The van der Waals surface area contributed by atoms with Crippen LogP contribution in [0.15, 0.2) is 34.1 Å². The first-order valence-corrected chi connectivity index (χ1v) is 10.3. The number of nitrogens with two attached hydrogens (primary N) is 1. The lowest BCUT2D eigenvalue weighted by Crippen LogP contribution is -2.34. The predicted octanol–water partition coefficient (Wildman–Crippen LogP) is 1.51. The first-order valence-electron chi connectivity index (χ1n) is 6.98. The van der Waals surface area contributed by atoms with E-state index < -0.39 is 19.9 Å². The van der Waals surface area contributed by atoms with Crippen LogP contribution in [-0.4, -0.2) is 47.0 Å². The average molecular weight is 385 g/mol. The van der Waals surface area contributed by atoms with E-state index in [1.54, 1.807) is 0 Å². The van der Waals surface area contributed by atoms with Gasteiger partial charge in [-0.05, 0) is 30.5 Å². The molecule has 23 heavy (non-hydrogen) atoms. The fourth-order valence-corrected chi connectivity index (χ4v) is 3.80. The highest BCUT2D eigenvalue weighted by atomic mass is 35.5. The number of benzene rings is 1. The van der Waals surface area contributed by atoms with Crippen LogP contribution in [0.5, 0.6) is 0 Å². The molecule has 0 aliphatic heterocycles. The van der Waals surface area contributed by atoms with E-state index >= 15 is 0 Å². The van der Waals surface area contributed by atoms with Crippen LogP contribution in [0.25, 0.3) is 0 Å². The highest BCUT2D eigenvalue weighted by Gasteiger charge is 2.23. The van der Waals surface area contributed by atoms with Crippen LogP contribution in [0.2, 0.25) is 0 Å². The molecule has 0 amide bonds. The number of halogens is 1. The maximum Gasteiger partial charge on any atom is 0.242 e. The van der Waals surface area contributed by atoms with Crippen molar-refractivity contribution in [2.45, 2.75) is 36.1 Å². The summed E-state index contributed by atoms with van der Waals surface area (Å²) in [6.45, 7) is 4.24. The van der Waals surface area contributed by atoms with Crippen molar-refractivity contribution in [2.75, 3.05) is 19.8 Å². The SMILES string of the molecule is CC(C)C(N)CCN(C)S(=O)(=O)c1cccc(S(C)(=O)=O)c1.Cl. The Hall–Kier alpha value is -0.670. The number of nitrogens with zero attached hydrogens (tertiary/aromatic N) is 1. The predicted molar refractivity (Wildman–Crippen MR) is 94.0 cm³/mol. The quantitative estimate of drug-likeness (QED) is 0.768. The second-order valence-electron chi connectivity index (χ2n) is 5.77. The summed E-state index contributed by atoms with van der Waals surface area (Å²) in [7, 11) is -5.71. The van der Waals surface area contributed by atoms with Crippen LogP contribution in [-0.2, 0) is 19.9 Å². The molecular formula is C14H25ClN2O4S2. The lowest BCUT2D eigenvalue weighted by atomic mass is 10.0. The Balaban J connectivity index is 0.00000484. The molecule has 6 nitrogen and oxygen atoms in total. The maximum absolute atomic E-state index is 12.5. The first kappa shape index (κ1) is 22.3. The topological polar surface area (TPSA) is 97.5 Å². The zero-order valence-electron chi connectivity index (χ0n) is 13.8. The number of hydrogen-bond donors (Lipinski definition) is 1. The Kier molecular flexibility index (Phi) is 8.19. The van der Waals surface area contributed by atoms with Gasteiger partial charge in [-0.3, -0.25) is 0 Å². The summed E-state index contributed by atoms with van der Waals surface area (Å²) >= 11 is 0. The Morgan fingerprint density at radius 1 is 1.13 bits per heavy atom. The van der Waals surface area contributed by atoms with Gasteiger partial charge in [0.2, 0.25) is 10.0 Å². The molecule has 1 aromatic carbocycles. The van der Waals surface area contributed by atoms with E-state index in [0.717, 1.165) is 6.26 Å². The van der Waals surface area contributed by atoms with Gasteiger partial charge in [-0.2, -0.15) is 0 Å². The summed E-state index contributed by atoms with van der Waals surface area (Å²) in [5.41, 5.74) is 5.93. The molecule has 1 rings (SSSR count). The average Bonchev–Trinajstić information content (AvgIpc) is 2.43. The van der Waals surface area contributed by atoms with Gasteiger partial charge in [0, 0.05) is 25.9 Å². The van der Waals surface area contributed by atoms with Gasteiger partial charge in [-0.1, -0.05) is 19.9 Å². The molecular weight excluding hydrogens is 360 g/mol. The third kappa shape index (κ3) is 6.04. The normalized spacial score (nSPS) is 13.9. The summed E-state index contributed by atoms with van der Waals surface area (Å²) < 4.78 is 49.3. The van der Waals surface area contributed by atoms with Gasteiger partial charge in [0.25, 0.3) is 0 Å². The highest BCUT2D eigenvalue weighted by Crippen LogP contribution is 2.19. The van der Waals surface area contributed by atoms with E-state index in [4.69, 9.17) is 5.73 Å². The fourth-order valence-electron chi connectivity index (χ4n) is 1.83. The molecule has 0 heterocycles. The molecule has 0 saturated heterocycles. The van der Waals surface area contributed by atoms with E-state index in [9.17, 15) is 16.8 Å². The third-order valence-corrected chi connectivity index (χ3v) is 6.54. The minimum atomic E-state index is -3.73. The van der Waals surface area contributed by atoms with E-state index in [1.807, 2.05) is 13.8 Å². The molecule has 0 aliphatic carbocycles. The van der Waals surface area contributed by atoms with Crippen LogP contribution in [0.1, 0.15) is 20.3 Å². The van der Waals surface area contributed by atoms with Crippen molar-refractivity contribution in [2.24, 2.45) is 11.7 Å². The van der Waals surface area contributed by atoms with Crippen molar-refractivity contribution in [1.82, 2.24) is 4.31 Å². The molecule has 0 aromatic heterocycles. The molecule has 0 fully saturated rings. The molecule has 0 radical (unpaired) electrons. The van der Waals surface area contributed by atoms with Crippen LogP contribution in [0.4, 0.5) is 0 Å². The zero-order chi connectivity index (χ0) is 17.1. The van der Waals surface area contributed by atoms with Gasteiger partial charge in [0.1, 0.15) is 0 Å². The van der Waals surface area contributed by atoms with Crippen molar-refractivity contribution in [3.05, 3.63) is 24.3 Å². The second kappa shape index (κ2) is 8.43. The van der Waals surface area contributed by atoms with Gasteiger partial charge in [0.15, 0.2) is 9.84 Å². The van der Waals surface area contributed by atoms with Crippen molar-refractivity contribution in [3.63, 3.8) is 0 Å². The number of rotatable bonds is 7. The fraction of sp³-hybridized carbons (Fsp3) is 0.571. The number of sulfonamides is 1. The van der Waals surface area contributed by atoms with Gasteiger partial charge >= 0.3 is 0 Å².